The molecule has 4 nitrogen and oxygen atoms in total. The van der Waals surface area contributed by atoms with Crippen LogP contribution in [-0.4, -0.2) is 11.6 Å². The van der Waals surface area contributed by atoms with E-state index in [2.05, 4.69) is 44.3 Å². The number of benzene rings is 4. The molecule has 0 saturated carbocycles. The van der Waals surface area contributed by atoms with E-state index in [0.29, 0.717) is 34.9 Å². The second kappa shape index (κ2) is 9.46. The fourth-order valence-corrected chi connectivity index (χ4v) is 4.83. The van der Waals surface area contributed by atoms with Gasteiger partial charge in [0.15, 0.2) is 5.54 Å². The van der Waals surface area contributed by atoms with Gasteiger partial charge in [-0.25, -0.2) is 0 Å². The maximum atomic E-state index is 13.7. The lowest BCUT2D eigenvalue weighted by Crippen LogP contribution is -2.46. The quantitative estimate of drug-likeness (QED) is 0.290. The van der Waals surface area contributed by atoms with Gasteiger partial charge >= 0.3 is 0 Å². The van der Waals surface area contributed by atoms with Gasteiger partial charge < -0.3 is 10.1 Å². The van der Waals surface area contributed by atoms with Crippen molar-refractivity contribution in [2.24, 2.45) is 0 Å². The summed E-state index contributed by atoms with van der Waals surface area (Å²) in [7, 11) is 0. The van der Waals surface area contributed by atoms with Crippen molar-refractivity contribution in [3.8, 4) is 5.75 Å². The van der Waals surface area contributed by atoms with Gasteiger partial charge in [0.2, 0.25) is 11.6 Å². The summed E-state index contributed by atoms with van der Waals surface area (Å²) >= 11 is 0. The van der Waals surface area contributed by atoms with Gasteiger partial charge in [0, 0.05) is 16.8 Å². The minimum atomic E-state index is -1.49. The van der Waals surface area contributed by atoms with Crippen molar-refractivity contribution in [2.45, 2.75) is 38.8 Å². The zero-order chi connectivity index (χ0) is 25.3. The molecule has 0 saturated heterocycles. The molecule has 0 aliphatic heterocycles. The monoisotopic (exact) mass is 475 g/mol. The number of rotatable bonds is 7. The van der Waals surface area contributed by atoms with E-state index in [9.17, 15) is 9.59 Å². The van der Waals surface area contributed by atoms with Gasteiger partial charge in [0.05, 0.1) is 0 Å². The normalized spacial score (nSPS) is 14.1. The number of ether oxygens (including phenoxy) is 1. The number of carbonyl (C=O) groups excluding carboxylic acids is 2. The average Bonchev–Trinajstić information content (AvgIpc) is 3.11. The fourth-order valence-electron chi connectivity index (χ4n) is 4.83. The van der Waals surface area contributed by atoms with E-state index in [-0.39, 0.29) is 11.6 Å². The Labute approximate surface area is 212 Å². The van der Waals surface area contributed by atoms with E-state index in [1.54, 1.807) is 24.3 Å². The first kappa shape index (κ1) is 23.6. The summed E-state index contributed by atoms with van der Waals surface area (Å²) in [4.78, 5) is 27.3. The Morgan fingerprint density at radius 3 is 2.00 bits per heavy atom. The lowest BCUT2D eigenvalue weighted by atomic mass is 9.84. The molecule has 0 atom stereocenters. The predicted octanol–water partition coefficient (Wildman–Crippen LogP) is 7.08. The number of hydrogen-bond donors (Lipinski definition) is 1. The molecule has 0 spiro atoms. The SMILES string of the molecule is Cc1ccc(C(C)C)c(OCc2ccc(NC3(c4ccccc4)C(=O)c4ccccc4C3=O)cc2)c1. The van der Waals surface area contributed by atoms with E-state index in [1.807, 2.05) is 54.6 Å². The maximum Gasteiger partial charge on any atom is 0.201 e. The summed E-state index contributed by atoms with van der Waals surface area (Å²) in [6.45, 7) is 6.80. The van der Waals surface area contributed by atoms with Crippen molar-refractivity contribution in [3.05, 3.63) is 130 Å². The Balaban J connectivity index is 1.41. The molecule has 1 aliphatic carbocycles. The van der Waals surface area contributed by atoms with E-state index in [4.69, 9.17) is 4.74 Å². The molecule has 4 aromatic rings. The van der Waals surface area contributed by atoms with Gasteiger partial charge in [-0.3, -0.25) is 9.59 Å². The van der Waals surface area contributed by atoms with Gasteiger partial charge in [-0.1, -0.05) is 92.7 Å². The third-order valence-corrected chi connectivity index (χ3v) is 6.78. The van der Waals surface area contributed by atoms with Gasteiger partial charge in [-0.05, 0) is 53.3 Å². The summed E-state index contributed by atoms with van der Waals surface area (Å²) in [6, 6.07) is 30.3. The molecule has 0 unspecified atom stereocenters. The smallest absolute Gasteiger partial charge is 0.201 e. The Bertz CT molecular complexity index is 1390. The zero-order valence-electron chi connectivity index (χ0n) is 20.7. The van der Waals surface area contributed by atoms with E-state index in [1.165, 1.54) is 5.56 Å². The fraction of sp³-hybridized carbons (Fsp3) is 0.188. The second-order valence-corrected chi connectivity index (χ2v) is 9.63. The van der Waals surface area contributed by atoms with Crippen LogP contribution in [0.25, 0.3) is 0 Å². The lowest BCUT2D eigenvalue weighted by Gasteiger charge is -2.29. The van der Waals surface area contributed by atoms with Crippen LogP contribution >= 0.6 is 0 Å². The first-order valence-electron chi connectivity index (χ1n) is 12.2. The highest BCUT2D eigenvalue weighted by molar-refractivity contribution is 6.34. The van der Waals surface area contributed by atoms with Crippen molar-refractivity contribution in [1.82, 2.24) is 0 Å². The van der Waals surface area contributed by atoms with Gasteiger partial charge in [-0.15, -0.1) is 0 Å². The van der Waals surface area contributed by atoms with Gasteiger partial charge in [0.1, 0.15) is 12.4 Å². The number of Topliss-reactive ketones (excluding diaryl/α,β-unsaturated/α-hetero) is 2. The average molecular weight is 476 g/mol. The number of hydrogen-bond acceptors (Lipinski definition) is 4. The number of carbonyl (C=O) groups is 2. The molecule has 1 N–H and O–H groups in total. The largest absolute Gasteiger partial charge is 0.489 e. The van der Waals surface area contributed by atoms with E-state index >= 15 is 0 Å². The van der Waals surface area contributed by atoms with Gasteiger partial charge in [-0.2, -0.15) is 0 Å². The van der Waals surface area contributed by atoms with Crippen molar-refractivity contribution in [1.29, 1.82) is 0 Å². The van der Waals surface area contributed by atoms with E-state index in [0.717, 1.165) is 16.9 Å². The van der Waals surface area contributed by atoms with Crippen LogP contribution in [0.5, 0.6) is 5.75 Å². The van der Waals surface area contributed by atoms with Crippen molar-refractivity contribution in [3.63, 3.8) is 0 Å². The van der Waals surface area contributed by atoms with Crippen LogP contribution in [0.3, 0.4) is 0 Å². The minimum Gasteiger partial charge on any atom is -0.489 e. The molecule has 4 aromatic carbocycles. The summed E-state index contributed by atoms with van der Waals surface area (Å²) in [5.41, 5.74) is 4.06. The van der Waals surface area contributed by atoms with Crippen LogP contribution in [0.4, 0.5) is 5.69 Å². The topological polar surface area (TPSA) is 55.4 Å². The maximum absolute atomic E-state index is 13.7. The van der Waals surface area contributed by atoms with Gasteiger partial charge in [0.25, 0.3) is 0 Å². The number of nitrogens with one attached hydrogen (secondary N) is 1. The molecule has 1 aliphatic rings. The number of aryl methyl sites for hydroxylation is 1. The first-order valence-corrected chi connectivity index (χ1v) is 12.2. The van der Waals surface area contributed by atoms with E-state index < -0.39 is 5.54 Å². The van der Waals surface area contributed by atoms with Crippen molar-refractivity contribution >= 4 is 17.3 Å². The predicted molar refractivity (Wildman–Crippen MR) is 143 cm³/mol. The summed E-state index contributed by atoms with van der Waals surface area (Å²) in [5.74, 6) is 0.798. The highest BCUT2D eigenvalue weighted by atomic mass is 16.5. The molecule has 0 radical (unpaired) electrons. The molecule has 36 heavy (non-hydrogen) atoms. The Hall–Kier alpha value is -4.18. The van der Waals surface area contributed by atoms with Crippen LogP contribution in [0, 0.1) is 6.92 Å². The lowest BCUT2D eigenvalue weighted by molar-refractivity contribution is 0.0819. The number of ketones is 2. The Morgan fingerprint density at radius 2 is 1.39 bits per heavy atom. The molecule has 4 heteroatoms. The van der Waals surface area contributed by atoms with Crippen molar-refractivity contribution in [2.75, 3.05) is 5.32 Å². The molecule has 0 fully saturated rings. The third kappa shape index (κ3) is 4.09. The van der Waals surface area contributed by atoms with Crippen LogP contribution in [0.1, 0.15) is 62.7 Å². The number of anilines is 1. The van der Waals surface area contributed by atoms with Crippen molar-refractivity contribution < 1.29 is 14.3 Å². The standard InChI is InChI=1S/C32H29NO3/c1-21(2)26-18-13-22(3)19-29(26)36-20-23-14-16-25(17-15-23)33-32(24-9-5-4-6-10-24)30(34)27-11-7-8-12-28(27)31(32)35/h4-19,21,33H,20H2,1-3H3. The molecule has 0 bridgehead atoms. The van der Waals surface area contributed by atoms with Crippen LogP contribution < -0.4 is 10.1 Å². The first-order chi connectivity index (χ1) is 17.4. The van der Waals surface area contributed by atoms with Crippen LogP contribution in [0.15, 0.2) is 97.1 Å². The Kier molecular flexibility index (Phi) is 6.19. The molecular weight excluding hydrogens is 446 g/mol. The molecule has 5 rings (SSSR count). The summed E-state index contributed by atoms with van der Waals surface area (Å²) in [6.07, 6.45) is 0. The summed E-state index contributed by atoms with van der Waals surface area (Å²) < 4.78 is 6.18. The zero-order valence-corrected chi connectivity index (χ0v) is 20.7. The highest BCUT2D eigenvalue weighted by Gasteiger charge is 2.54. The second-order valence-electron chi connectivity index (χ2n) is 9.63. The van der Waals surface area contributed by atoms with Crippen LogP contribution in [0.2, 0.25) is 0 Å². The minimum absolute atomic E-state index is 0.234. The molecule has 180 valence electrons. The highest BCUT2D eigenvalue weighted by Crippen LogP contribution is 2.40. The Morgan fingerprint density at radius 1 is 0.778 bits per heavy atom. The number of fused-ring (bicyclic) bond motifs is 1. The molecule has 0 amide bonds. The summed E-state index contributed by atoms with van der Waals surface area (Å²) in [5, 5.41) is 3.31. The molecule has 0 heterocycles. The van der Waals surface area contributed by atoms with Crippen LogP contribution in [-0.2, 0) is 12.1 Å². The molecule has 0 aromatic heterocycles. The third-order valence-electron chi connectivity index (χ3n) is 6.78. The molecular formula is C32H29NO3.